The number of rotatable bonds is 14. The first kappa shape index (κ1) is 20.7. The summed E-state index contributed by atoms with van der Waals surface area (Å²) in [5.41, 5.74) is 0. The van der Waals surface area contributed by atoms with Gasteiger partial charge in [-0.1, -0.05) is 64.5 Å². The molecule has 0 aliphatic carbocycles. The molecule has 0 aromatic carbocycles. The fourth-order valence-corrected chi connectivity index (χ4v) is 2.96. The molecule has 0 aromatic rings. The van der Waals surface area contributed by atoms with Gasteiger partial charge in [0.15, 0.2) is 5.79 Å². The molecule has 0 radical (unpaired) electrons. The zero-order valence-corrected chi connectivity index (χ0v) is 15.5. The molecule has 1 rings (SSSR count). The predicted octanol–water partition coefficient (Wildman–Crippen LogP) is 5.63. The predicted molar refractivity (Wildman–Crippen MR) is 96.7 cm³/mol. The Morgan fingerprint density at radius 1 is 0.783 bits per heavy atom. The van der Waals surface area contributed by atoms with Crippen LogP contribution in [0.1, 0.15) is 84.5 Å². The Balaban J connectivity index is 1.90. The summed E-state index contributed by atoms with van der Waals surface area (Å²) in [6, 6.07) is 0. The van der Waals surface area contributed by atoms with E-state index in [1.54, 1.807) is 0 Å². The molecule has 1 heterocycles. The fraction of sp³-hybridized carbons (Fsp3) is 0.900. The molecule has 0 N–H and O–H groups in total. The van der Waals surface area contributed by atoms with Gasteiger partial charge in [0.25, 0.3) is 0 Å². The topological polar surface area (TPSA) is 27.7 Å². The van der Waals surface area contributed by atoms with Crippen LogP contribution in [-0.4, -0.2) is 32.2 Å². The highest BCUT2D eigenvalue weighted by Crippen LogP contribution is 2.26. The fourth-order valence-electron chi connectivity index (χ4n) is 2.96. The van der Waals surface area contributed by atoms with Crippen LogP contribution in [-0.2, 0) is 14.2 Å². The van der Waals surface area contributed by atoms with E-state index in [1.807, 2.05) is 12.2 Å². The lowest BCUT2D eigenvalue weighted by Gasteiger charge is -2.31. The maximum absolute atomic E-state index is 5.90. The molecule has 0 atom stereocenters. The lowest BCUT2D eigenvalue weighted by Crippen LogP contribution is -2.34. The van der Waals surface area contributed by atoms with Gasteiger partial charge in [-0.05, 0) is 25.7 Å². The third-order valence-corrected chi connectivity index (χ3v) is 4.58. The smallest absolute Gasteiger partial charge is 0.168 e. The van der Waals surface area contributed by atoms with Crippen LogP contribution >= 0.6 is 0 Å². The van der Waals surface area contributed by atoms with E-state index in [0.29, 0.717) is 13.2 Å². The molecule has 0 saturated carbocycles. The lowest BCUT2D eigenvalue weighted by atomic mass is 10.0. The van der Waals surface area contributed by atoms with Crippen molar-refractivity contribution in [3.63, 3.8) is 0 Å². The highest BCUT2D eigenvalue weighted by atomic mass is 16.7. The van der Waals surface area contributed by atoms with Crippen molar-refractivity contribution in [1.82, 2.24) is 0 Å². The molecule has 0 unspecified atom stereocenters. The van der Waals surface area contributed by atoms with E-state index in [2.05, 4.69) is 13.8 Å². The number of hydrogen-bond donors (Lipinski definition) is 0. The van der Waals surface area contributed by atoms with Crippen LogP contribution in [0.25, 0.3) is 0 Å². The Hall–Kier alpha value is -0.380. The Bertz CT molecular complexity index is 279. The summed E-state index contributed by atoms with van der Waals surface area (Å²) in [6.45, 7) is 7.59. The largest absolute Gasteiger partial charge is 0.381 e. The molecule has 1 aliphatic rings. The molecule has 0 amide bonds. The van der Waals surface area contributed by atoms with E-state index in [4.69, 9.17) is 14.2 Å². The third kappa shape index (κ3) is 10.2. The summed E-state index contributed by atoms with van der Waals surface area (Å²) in [4.78, 5) is 0. The molecule has 136 valence electrons. The Labute approximate surface area is 143 Å². The van der Waals surface area contributed by atoms with Crippen LogP contribution in [0.5, 0.6) is 0 Å². The van der Waals surface area contributed by atoms with Gasteiger partial charge in [-0.25, -0.2) is 0 Å². The van der Waals surface area contributed by atoms with Crippen LogP contribution in [0, 0.1) is 0 Å². The zero-order chi connectivity index (χ0) is 16.6. The average molecular weight is 327 g/mol. The average Bonchev–Trinajstić information content (AvgIpc) is 2.82. The van der Waals surface area contributed by atoms with Gasteiger partial charge in [0.1, 0.15) is 0 Å². The number of unbranched alkanes of at least 4 members (excludes halogenated alkanes) is 7. The normalized spacial score (nSPS) is 17.3. The molecule has 0 spiro atoms. The molecular weight excluding hydrogens is 288 g/mol. The van der Waals surface area contributed by atoms with E-state index in [-0.39, 0.29) is 5.79 Å². The summed E-state index contributed by atoms with van der Waals surface area (Å²) < 4.78 is 17.5. The summed E-state index contributed by atoms with van der Waals surface area (Å²) in [5.74, 6) is -0.358. The first-order chi connectivity index (χ1) is 11.3. The van der Waals surface area contributed by atoms with E-state index in [1.165, 1.54) is 44.9 Å². The standard InChI is InChI=1S/C20H38O3/c1-3-5-6-7-8-11-16-21-17-12-9-10-15-20(4-2)22-18-13-14-19-23-20/h13-14H,3-12,15-19H2,1-2H3. The van der Waals surface area contributed by atoms with E-state index in [0.717, 1.165) is 38.9 Å². The quantitative estimate of drug-likeness (QED) is 0.306. The van der Waals surface area contributed by atoms with Gasteiger partial charge in [0.2, 0.25) is 0 Å². The van der Waals surface area contributed by atoms with Crippen LogP contribution < -0.4 is 0 Å². The van der Waals surface area contributed by atoms with Crippen molar-refractivity contribution < 1.29 is 14.2 Å². The van der Waals surface area contributed by atoms with E-state index in [9.17, 15) is 0 Å². The van der Waals surface area contributed by atoms with Crippen LogP contribution in [0.2, 0.25) is 0 Å². The Kier molecular flexibility index (Phi) is 12.6. The molecule has 0 bridgehead atoms. The molecule has 0 fully saturated rings. The van der Waals surface area contributed by atoms with Crippen molar-refractivity contribution in [3.05, 3.63) is 12.2 Å². The highest BCUT2D eigenvalue weighted by Gasteiger charge is 2.29. The summed E-state index contributed by atoms with van der Waals surface area (Å²) in [6.07, 6.45) is 17.5. The lowest BCUT2D eigenvalue weighted by molar-refractivity contribution is -0.228. The molecule has 0 saturated heterocycles. The second kappa shape index (κ2) is 14.0. The minimum atomic E-state index is -0.358. The van der Waals surface area contributed by atoms with Crippen molar-refractivity contribution in [2.24, 2.45) is 0 Å². The molecule has 3 heteroatoms. The van der Waals surface area contributed by atoms with Gasteiger partial charge < -0.3 is 14.2 Å². The van der Waals surface area contributed by atoms with Gasteiger partial charge in [-0.2, -0.15) is 0 Å². The summed E-state index contributed by atoms with van der Waals surface area (Å²) in [5, 5.41) is 0. The number of ether oxygens (including phenoxy) is 3. The van der Waals surface area contributed by atoms with Crippen LogP contribution in [0.3, 0.4) is 0 Å². The summed E-state index contributed by atoms with van der Waals surface area (Å²) >= 11 is 0. The van der Waals surface area contributed by atoms with Gasteiger partial charge in [0.05, 0.1) is 13.2 Å². The monoisotopic (exact) mass is 326 g/mol. The van der Waals surface area contributed by atoms with Gasteiger partial charge >= 0.3 is 0 Å². The van der Waals surface area contributed by atoms with Gasteiger partial charge in [-0.15, -0.1) is 0 Å². The second-order valence-electron chi connectivity index (χ2n) is 6.55. The van der Waals surface area contributed by atoms with E-state index >= 15 is 0 Å². The Morgan fingerprint density at radius 2 is 1.35 bits per heavy atom. The van der Waals surface area contributed by atoms with Crippen molar-refractivity contribution in [2.45, 2.75) is 90.3 Å². The van der Waals surface area contributed by atoms with Gasteiger partial charge in [0, 0.05) is 19.6 Å². The molecule has 0 aromatic heterocycles. The SMILES string of the molecule is CCCCCCCCOCCCCCC1(CC)OCC=CCO1. The van der Waals surface area contributed by atoms with Crippen LogP contribution in [0.4, 0.5) is 0 Å². The highest BCUT2D eigenvalue weighted by molar-refractivity contribution is 4.86. The van der Waals surface area contributed by atoms with Crippen LogP contribution in [0.15, 0.2) is 12.2 Å². The summed E-state index contributed by atoms with van der Waals surface area (Å²) in [7, 11) is 0. The van der Waals surface area contributed by atoms with Crippen molar-refractivity contribution in [2.75, 3.05) is 26.4 Å². The third-order valence-electron chi connectivity index (χ3n) is 4.58. The Morgan fingerprint density at radius 3 is 1.96 bits per heavy atom. The zero-order valence-electron chi connectivity index (χ0n) is 15.5. The minimum absolute atomic E-state index is 0.358. The van der Waals surface area contributed by atoms with Crippen molar-refractivity contribution >= 4 is 0 Å². The first-order valence-corrected chi connectivity index (χ1v) is 9.83. The van der Waals surface area contributed by atoms with E-state index < -0.39 is 0 Å². The minimum Gasteiger partial charge on any atom is -0.381 e. The van der Waals surface area contributed by atoms with Crippen molar-refractivity contribution in [1.29, 1.82) is 0 Å². The molecule has 23 heavy (non-hydrogen) atoms. The maximum Gasteiger partial charge on any atom is 0.168 e. The molecular formula is C20H38O3. The van der Waals surface area contributed by atoms with Gasteiger partial charge in [-0.3, -0.25) is 0 Å². The second-order valence-corrected chi connectivity index (χ2v) is 6.55. The molecule has 3 nitrogen and oxygen atoms in total. The molecule has 1 aliphatic heterocycles. The first-order valence-electron chi connectivity index (χ1n) is 9.83. The maximum atomic E-state index is 5.90. The van der Waals surface area contributed by atoms with Crippen molar-refractivity contribution in [3.8, 4) is 0 Å². The number of hydrogen-bond acceptors (Lipinski definition) is 3.